The molecule has 1 atom stereocenters. The molecule has 5 nitrogen and oxygen atoms in total. The zero-order valence-electron chi connectivity index (χ0n) is 21.4. The number of likely N-dealkylation sites (N-methyl/N-ethyl adjacent to an activating group) is 1. The molecule has 0 N–H and O–H groups in total. The van der Waals surface area contributed by atoms with E-state index >= 15 is 0 Å². The normalized spacial score (nSPS) is 25.2. The average molecular weight is 517 g/mol. The number of aryl methyl sites for hydroxylation is 1. The Morgan fingerprint density at radius 1 is 1.00 bits per heavy atom. The molecule has 6 rings (SSSR count). The molecule has 3 aromatic rings. The minimum absolute atomic E-state index is 0.177. The van der Waals surface area contributed by atoms with Crippen LogP contribution < -0.4 is 10.2 Å². The SMILES string of the molecule is Cc1nn(-c2ccccc2)c2c1P(=S)(OC1CCCCC1)C(=C1N(C)c3ccccc3C1(C)C)C=N2. The van der Waals surface area contributed by atoms with Crippen molar-refractivity contribution in [1.29, 1.82) is 0 Å². The molecule has 3 heterocycles. The lowest BCUT2D eigenvalue weighted by molar-refractivity contribution is 0.176. The van der Waals surface area contributed by atoms with Gasteiger partial charge in [0.25, 0.3) is 0 Å². The van der Waals surface area contributed by atoms with E-state index in [-0.39, 0.29) is 11.5 Å². The minimum Gasteiger partial charge on any atom is -0.346 e. The molecule has 2 aromatic carbocycles. The zero-order chi connectivity index (χ0) is 25.1. The lowest BCUT2D eigenvalue weighted by atomic mass is 9.84. The molecule has 0 amide bonds. The van der Waals surface area contributed by atoms with E-state index in [0.29, 0.717) is 0 Å². The smallest absolute Gasteiger partial charge is 0.166 e. The van der Waals surface area contributed by atoms with Gasteiger partial charge in [0.15, 0.2) is 5.82 Å². The first-order chi connectivity index (χ1) is 17.3. The van der Waals surface area contributed by atoms with Gasteiger partial charge in [0.05, 0.1) is 28.1 Å². The molecule has 186 valence electrons. The molecule has 1 unspecified atom stereocenters. The molecule has 1 aliphatic carbocycles. The molecule has 7 heteroatoms. The maximum atomic E-state index is 7.14. The number of aromatic nitrogens is 2. The van der Waals surface area contributed by atoms with Crippen LogP contribution in [0, 0.1) is 6.92 Å². The van der Waals surface area contributed by atoms with Gasteiger partial charge in [0, 0.05) is 30.1 Å². The van der Waals surface area contributed by atoms with Crippen molar-refractivity contribution in [1.82, 2.24) is 9.78 Å². The molecular weight excluding hydrogens is 483 g/mol. The van der Waals surface area contributed by atoms with Crippen molar-refractivity contribution in [3.63, 3.8) is 0 Å². The Morgan fingerprint density at radius 2 is 1.69 bits per heavy atom. The third kappa shape index (κ3) is 3.57. The highest BCUT2D eigenvalue weighted by Gasteiger charge is 2.47. The Labute approximate surface area is 219 Å². The quantitative estimate of drug-likeness (QED) is 0.355. The van der Waals surface area contributed by atoms with Gasteiger partial charge in [-0.2, -0.15) is 5.10 Å². The summed E-state index contributed by atoms with van der Waals surface area (Å²) in [5.74, 6) is 0.818. The largest absolute Gasteiger partial charge is 0.346 e. The average Bonchev–Trinajstić information content (AvgIpc) is 3.33. The summed E-state index contributed by atoms with van der Waals surface area (Å²) in [4.78, 5) is 7.35. The number of rotatable bonds is 3. The van der Waals surface area contributed by atoms with Crippen LogP contribution in [0.15, 0.2) is 70.6 Å². The topological polar surface area (TPSA) is 42.6 Å². The molecule has 36 heavy (non-hydrogen) atoms. The Balaban J connectivity index is 1.59. The number of hydrogen-bond donors (Lipinski definition) is 0. The zero-order valence-corrected chi connectivity index (χ0v) is 23.1. The molecule has 1 aromatic heterocycles. The van der Waals surface area contributed by atoms with Gasteiger partial charge in [-0.05, 0) is 43.5 Å². The summed E-state index contributed by atoms with van der Waals surface area (Å²) in [5, 5.41) is 7.03. The lowest BCUT2D eigenvalue weighted by Gasteiger charge is -2.36. The second-order valence-electron chi connectivity index (χ2n) is 10.6. The summed E-state index contributed by atoms with van der Waals surface area (Å²) >= 11 is 6.72. The molecule has 0 saturated heterocycles. The van der Waals surface area contributed by atoms with E-state index in [2.05, 4.69) is 69.1 Å². The van der Waals surface area contributed by atoms with Crippen molar-refractivity contribution < 1.29 is 4.52 Å². The monoisotopic (exact) mass is 516 g/mol. The summed E-state index contributed by atoms with van der Waals surface area (Å²) in [7, 11) is 2.15. The number of allylic oxidation sites excluding steroid dienone is 2. The maximum absolute atomic E-state index is 7.14. The van der Waals surface area contributed by atoms with Gasteiger partial charge in [-0.3, -0.25) is 0 Å². The fourth-order valence-electron chi connectivity index (χ4n) is 6.18. The van der Waals surface area contributed by atoms with Gasteiger partial charge in [0.2, 0.25) is 0 Å². The highest BCUT2D eigenvalue weighted by atomic mass is 32.4. The predicted molar refractivity (Wildman–Crippen MR) is 153 cm³/mol. The van der Waals surface area contributed by atoms with Crippen LogP contribution in [-0.4, -0.2) is 29.1 Å². The van der Waals surface area contributed by atoms with E-state index < -0.39 is 6.26 Å². The Morgan fingerprint density at radius 3 is 2.42 bits per heavy atom. The van der Waals surface area contributed by atoms with Crippen LogP contribution >= 0.6 is 6.26 Å². The third-order valence-corrected chi connectivity index (χ3v) is 12.0. The molecular formula is C29H33N4OPS. The first-order valence-corrected chi connectivity index (χ1v) is 15.6. The molecule has 2 aliphatic heterocycles. The van der Waals surface area contributed by atoms with Gasteiger partial charge >= 0.3 is 0 Å². The van der Waals surface area contributed by atoms with Crippen LogP contribution in [0.25, 0.3) is 5.69 Å². The number of hydrogen-bond acceptors (Lipinski definition) is 5. The maximum Gasteiger partial charge on any atom is 0.166 e. The predicted octanol–water partition coefficient (Wildman–Crippen LogP) is 6.90. The first-order valence-electron chi connectivity index (χ1n) is 12.9. The summed E-state index contributed by atoms with van der Waals surface area (Å²) < 4.78 is 9.08. The molecule has 3 aliphatic rings. The summed E-state index contributed by atoms with van der Waals surface area (Å²) in [6.45, 7) is 6.65. The van der Waals surface area contributed by atoms with Crippen molar-refractivity contribution in [2.75, 3.05) is 11.9 Å². The number of anilines is 1. The van der Waals surface area contributed by atoms with Crippen LogP contribution in [-0.2, 0) is 21.7 Å². The van der Waals surface area contributed by atoms with Crippen molar-refractivity contribution in [3.05, 3.63) is 76.9 Å². The summed E-state index contributed by atoms with van der Waals surface area (Å²) in [6.07, 6.45) is 5.32. The van der Waals surface area contributed by atoms with E-state index in [4.69, 9.17) is 26.4 Å². The van der Waals surface area contributed by atoms with Gasteiger partial charge in [-0.15, -0.1) is 0 Å². The van der Waals surface area contributed by atoms with Crippen molar-refractivity contribution in [3.8, 4) is 5.69 Å². The van der Waals surface area contributed by atoms with E-state index in [1.165, 1.54) is 36.2 Å². The number of benzene rings is 2. The third-order valence-electron chi connectivity index (χ3n) is 7.89. The van der Waals surface area contributed by atoms with Crippen LogP contribution in [0.3, 0.4) is 0 Å². The van der Waals surface area contributed by atoms with Gasteiger partial charge < -0.3 is 9.42 Å². The molecule has 0 radical (unpaired) electrons. The Hall–Kier alpha value is -2.53. The number of aliphatic imine (C=N–C) groups is 1. The second-order valence-corrected chi connectivity index (χ2v) is 14.4. The molecule has 1 fully saturated rings. The van der Waals surface area contributed by atoms with E-state index in [1.54, 1.807) is 0 Å². The second kappa shape index (κ2) is 8.79. The molecule has 1 saturated carbocycles. The highest BCUT2D eigenvalue weighted by molar-refractivity contribution is 8.18. The van der Waals surface area contributed by atoms with Crippen molar-refractivity contribution in [2.24, 2.45) is 4.99 Å². The lowest BCUT2D eigenvalue weighted by Crippen LogP contribution is -2.29. The standard InChI is InChI=1S/C29H33N4OPS/c1-20-26-28(33(31-20)21-13-7-5-8-14-21)30-19-25(35(26,36)34-22-15-9-6-10-16-22)27-29(2,3)23-17-11-12-18-24(23)32(27)4/h5,7-8,11-14,17-19,22H,6,9-10,15-16H2,1-4H3. The Bertz CT molecular complexity index is 1430. The van der Waals surface area contributed by atoms with Gasteiger partial charge in [0.1, 0.15) is 6.26 Å². The fourth-order valence-corrected chi connectivity index (χ4v) is 10.5. The van der Waals surface area contributed by atoms with Crippen LogP contribution in [0.4, 0.5) is 11.5 Å². The van der Waals surface area contributed by atoms with Crippen molar-refractivity contribution >= 4 is 41.1 Å². The number of para-hydroxylation sites is 2. The van der Waals surface area contributed by atoms with Crippen LogP contribution in [0.2, 0.25) is 0 Å². The first kappa shape index (κ1) is 23.8. The Kier molecular flexibility index (Phi) is 5.82. The fraction of sp³-hybridized carbons (Fsp3) is 0.379. The van der Waals surface area contributed by atoms with E-state index in [0.717, 1.165) is 40.7 Å². The van der Waals surface area contributed by atoms with E-state index in [9.17, 15) is 0 Å². The van der Waals surface area contributed by atoms with Crippen LogP contribution in [0.1, 0.15) is 57.2 Å². The summed E-state index contributed by atoms with van der Waals surface area (Å²) in [6, 6.07) is 18.9. The molecule has 0 bridgehead atoms. The van der Waals surface area contributed by atoms with Crippen LogP contribution in [0.5, 0.6) is 0 Å². The minimum atomic E-state index is -2.68. The summed E-state index contributed by atoms with van der Waals surface area (Å²) in [5.41, 5.74) is 5.42. The number of fused-ring (bicyclic) bond motifs is 2. The molecule has 0 spiro atoms. The highest BCUT2D eigenvalue weighted by Crippen LogP contribution is 2.64. The number of nitrogens with zero attached hydrogens (tertiary/aromatic N) is 4. The van der Waals surface area contributed by atoms with E-state index in [1.807, 2.05) is 29.1 Å². The van der Waals surface area contributed by atoms with Gasteiger partial charge in [-0.1, -0.05) is 81.3 Å². The van der Waals surface area contributed by atoms with Crippen molar-refractivity contribution in [2.45, 2.75) is 64.4 Å². The van der Waals surface area contributed by atoms with Gasteiger partial charge in [-0.25, -0.2) is 9.67 Å².